The summed E-state index contributed by atoms with van der Waals surface area (Å²) in [4.78, 5) is 0. The highest BCUT2D eigenvalue weighted by atomic mass is 16.5. The Balaban J connectivity index is 1.46. The van der Waals surface area contributed by atoms with Gasteiger partial charge < -0.3 is 4.74 Å². The van der Waals surface area contributed by atoms with E-state index >= 15 is 0 Å². The van der Waals surface area contributed by atoms with Gasteiger partial charge in [0.05, 0.1) is 13.2 Å². The highest BCUT2D eigenvalue weighted by Gasteiger charge is 2.38. The highest BCUT2D eigenvalue weighted by Crippen LogP contribution is 2.47. The van der Waals surface area contributed by atoms with Crippen LogP contribution in [0.5, 0.6) is 0 Å². The van der Waals surface area contributed by atoms with Crippen molar-refractivity contribution in [1.29, 1.82) is 0 Å². The summed E-state index contributed by atoms with van der Waals surface area (Å²) in [5.41, 5.74) is 1.30. The molecular weight excluding hydrogens is 208 g/mol. The molecule has 17 heavy (non-hydrogen) atoms. The van der Waals surface area contributed by atoms with E-state index in [1.165, 1.54) is 37.7 Å². The standard InChI is InChI=1S/C16H22O/c1-2-5-13(6-3-1)11-17-12-15-10-9-14-7-4-8-16(14)15/h1-3,5-6,14-16H,4,7-12H2. The molecule has 0 spiro atoms. The number of benzene rings is 1. The number of rotatable bonds is 4. The smallest absolute Gasteiger partial charge is 0.0717 e. The Morgan fingerprint density at radius 1 is 1.00 bits per heavy atom. The SMILES string of the molecule is c1ccc(COCC2CCC3CCCC32)cc1. The molecule has 0 N–H and O–H groups in total. The van der Waals surface area contributed by atoms with Gasteiger partial charge in [-0.15, -0.1) is 0 Å². The average molecular weight is 230 g/mol. The fraction of sp³-hybridized carbons (Fsp3) is 0.625. The van der Waals surface area contributed by atoms with Crippen molar-refractivity contribution >= 4 is 0 Å². The largest absolute Gasteiger partial charge is 0.376 e. The number of hydrogen-bond donors (Lipinski definition) is 0. The van der Waals surface area contributed by atoms with Crippen molar-refractivity contribution in [1.82, 2.24) is 0 Å². The van der Waals surface area contributed by atoms with Crippen LogP contribution in [-0.4, -0.2) is 6.61 Å². The predicted octanol–water partition coefficient (Wildman–Crippen LogP) is 4.03. The summed E-state index contributed by atoms with van der Waals surface area (Å²) in [6.45, 7) is 1.77. The number of ether oxygens (including phenoxy) is 1. The van der Waals surface area contributed by atoms with Crippen LogP contribution in [0.15, 0.2) is 30.3 Å². The van der Waals surface area contributed by atoms with E-state index in [1.807, 2.05) is 0 Å². The molecule has 0 aromatic heterocycles. The monoisotopic (exact) mass is 230 g/mol. The van der Waals surface area contributed by atoms with Crippen molar-refractivity contribution in [3.8, 4) is 0 Å². The van der Waals surface area contributed by atoms with Crippen LogP contribution in [0.4, 0.5) is 0 Å². The quantitative estimate of drug-likeness (QED) is 0.759. The van der Waals surface area contributed by atoms with Crippen LogP contribution in [0.25, 0.3) is 0 Å². The van der Waals surface area contributed by atoms with Crippen molar-refractivity contribution < 1.29 is 4.74 Å². The van der Waals surface area contributed by atoms with E-state index in [1.54, 1.807) is 0 Å². The molecule has 1 nitrogen and oxygen atoms in total. The van der Waals surface area contributed by atoms with Gasteiger partial charge in [-0.1, -0.05) is 43.2 Å². The molecule has 0 bridgehead atoms. The summed E-state index contributed by atoms with van der Waals surface area (Å²) < 4.78 is 5.91. The molecule has 1 heteroatoms. The fourth-order valence-electron chi connectivity index (χ4n) is 3.80. The van der Waals surface area contributed by atoms with E-state index in [2.05, 4.69) is 30.3 Å². The molecular formula is C16H22O. The van der Waals surface area contributed by atoms with E-state index in [0.717, 1.165) is 31.0 Å². The van der Waals surface area contributed by atoms with Gasteiger partial charge in [-0.25, -0.2) is 0 Å². The molecule has 92 valence electrons. The topological polar surface area (TPSA) is 9.23 Å². The van der Waals surface area contributed by atoms with Gasteiger partial charge in [0.2, 0.25) is 0 Å². The van der Waals surface area contributed by atoms with E-state index in [-0.39, 0.29) is 0 Å². The Labute approximate surface area is 104 Å². The number of hydrogen-bond acceptors (Lipinski definition) is 1. The molecule has 3 unspecified atom stereocenters. The lowest BCUT2D eigenvalue weighted by molar-refractivity contribution is 0.0721. The summed E-state index contributed by atoms with van der Waals surface area (Å²) >= 11 is 0. The first kappa shape index (κ1) is 11.3. The molecule has 1 aromatic rings. The van der Waals surface area contributed by atoms with E-state index in [4.69, 9.17) is 4.74 Å². The van der Waals surface area contributed by atoms with Crippen LogP contribution in [0.2, 0.25) is 0 Å². The highest BCUT2D eigenvalue weighted by molar-refractivity contribution is 5.13. The van der Waals surface area contributed by atoms with Crippen LogP contribution in [0, 0.1) is 17.8 Å². The summed E-state index contributed by atoms with van der Waals surface area (Å²) in [7, 11) is 0. The van der Waals surface area contributed by atoms with Crippen LogP contribution in [-0.2, 0) is 11.3 Å². The van der Waals surface area contributed by atoms with Crippen LogP contribution in [0.3, 0.4) is 0 Å². The van der Waals surface area contributed by atoms with Crippen molar-refractivity contribution in [2.75, 3.05) is 6.61 Å². The maximum absolute atomic E-state index is 5.91. The third-order valence-corrected chi connectivity index (χ3v) is 4.68. The summed E-state index contributed by atoms with van der Waals surface area (Å²) in [6.07, 6.45) is 7.28. The molecule has 0 amide bonds. The predicted molar refractivity (Wildman–Crippen MR) is 69.7 cm³/mol. The molecule has 2 aliphatic carbocycles. The first-order chi connectivity index (χ1) is 8.43. The molecule has 2 fully saturated rings. The average Bonchev–Trinajstić information content (AvgIpc) is 2.95. The third kappa shape index (κ3) is 2.55. The maximum Gasteiger partial charge on any atom is 0.0717 e. The van der Waals surface area contributed by atoms with Crippen LogP contribution in [0.1, 0.15) is 37.7 Å². The molecule has 0 aliphatic heterocycles. The zero-order valence-electron chi connectivity index (χ0n) is 10.5. The maximum atomic E-state index is 5.91. The molecule has 3 rings (SSSR count). The molecule has 0 saturated heterocycles. The second-order valence-corrected chi connectivity index (χ2v) is 5.69. The van der Waals surface area contributed by atoms with E-state index < -0.39 is 0 Å². The lowest BCUT2D eigenvalue weighted by Gasteiger charge is -2.18. The summed E-state index contributed by atoms with van der Waals surface area (Å²) in [5.74, 6) is 2.89. The van der Waals surface area contributed by atoms with E-state index in [9.17, 15) is 0 Å². The van der Waals surface area contributed by atoms with Gasteiger partial charge in [-0.3, -0.25) is 0 Å². The first-order valence-corrected chi connectivity index (χ1v) is 7.05. The first-order valence-electron chi connectivity index (χ1n) is 7.05. The molecule has 2 saturated carbocycles. The second-order valence-electron chi connectivity index (χ2n) is 5.69. The van der Waals surface area contributed by atoms with Crippen LogP contribution >= 0.6 is 0 Å². The molecule has 0 radical (unpaired) electrons. The minimum absolute atomic E-state index is 0.786. The van der Waals surface area contributed by atoms with Gasteiger partial charge in [-0.05, 0) is 42.6 Å². The second kappa shape index (κ2) is 5.22. The number of fused-ring (bicyclic) bond motifs is 1. The Morgan fingerprint density at radius 2 is 1.88 bits per heavy atom. The Hall–Kier alpha value is -0.820. The minimum atomic E-state index is 0.786. The van der Waals surface area contributed by atoms with Gasteiger partial charge in [0.15, 0.2) is 0 Å². The normalized spacial score (nSPS) is 31.6. The van der Waals surface area contributed by atoms with Crippen molar-refractivity contribution in [2.24, 2.45) is 17.8 Å². The van der Waals surface area contributed by atoms with Crippen LogP contribution < -0.4 is 0 Å². The van der Waals surface area contributed by atoms with E-state index in [0.29, 0.717) is 0 Å². The third-order valence-electron chi connectivity index (χ3n) is 4.68. The van der Waals surface area contributed by atoms with Gasteiger partial charge in [0.1, 0.15) is 0 Å². The zero-order chi connectivity index (χ0) is 11.5. The zero-order valence-corrected chi connectivity index (χ0v) is 10.5. The van der Waals surface area contributed by atoms with Gasteiger partial charge in [0.25, 0.3) is 0 Å². The van der Waals surface area contributed by atoms with Gasteiger partial charge in [0, 0.05) is 0 Å². The van der Waals surface area contributed by atoms with Gasteiger partial charge in [-0.2, -0.15) is 0 Å². The fourth-order valence-corrected chi connectivity index (χ4v) is 3.80. The lowest BCUT2D eigenvalue weighted by atomic mass is 9.93. The Morgan fingerprint density at radius 3 is 2.76 bits per heavy atom. The lowest BCUT2D eigenvalue weighted by Crippen LogP contribution is -2.15. The molecule has 1 aromatic carbocycles. The molecule has 0 heterocycles. The van der Waals surface area contributed by atoms with Crippen molar-refractivity contribution in [2.45, 2.75) is 38.7 Å². The van der Waals surface area contributed by atoms with Crippen molar-refractivity contribution in [3.05, 3.63) is 35.9 Å². The summed E-state index contributed by atoms with van der Waals surface area (Å²) in [5, 5.41) is 0. The summed E-state index contributed by atoms with van der Waals surface area (Å²) in [6, 6.07) is 10.5. The Kier molecular flexibility index (Phi) is 3.46. The minimum Gasteiger partial charge on any atom is -0.376 e. The van der Waals surface area contributed by atoms with Gasteiger partial charge >= 0.3 is 0 Å². The van der Waals surface area contributed by atoms with Crippen molar-refractivity contribution in [3.63, 3.8) is 0 Å². The Bertz CT molecular complexity index is 346. The molecule has 2 aliphatic rings. The molecule has 3 atom stereocenters.